The summed E-state index contributed by atoms with van der Waals surface area (Å²) in [5, 5.41) is 2.04. The highest BCUT2D eigenvalue weighted by Crippen LogP contribution is 2.38. The second-order valence-electron chi connectivity index (χ2n) is 11.6. The first-order chi connectivity index (χ1) is 22.7. The van der Waals surface area contributed by atoms with Gasteiger partial charge in [0.15, 0.2) is 5.58 Å². The standard InChI is InChI=1S/C38H27N5O3/c1-2-35(44)45-19-15-23-9-12-29-26(20-23)36-31(6-3-16-39-36)42(29)24-10-13-30-27(21-24)37-32(7-4-17-40-37)43(30)25-11-14-33-28(22-25)38-34(46-33)8-5-18-41-38/h2-14,16-18,21-23H,1,15,19-20H2. The van der Waals surface area contributed by atoms with Gasteiger partial charge in [0.1, 0.15) is 11.1 Å². The average Bonchev–Trinajstić information content (AvgIpc) is 3.75. The lowest BCUT2D eigenvalue weighted by atomic mass is 9.91. The predicted octanol–water partition coefficient (Wildman–Crippen LogP) is 8.12. The van der Waals surface area contributed by atoms with Crippen molar-refractivity contribution in [2.24, 2.45) is 5.92 Å². The van der Waals surface area contributed by atoms with Gasteiger partial charge in [-0.05, 0) is 97.6 Å². The van der Waals surface area contributed by atoms with E-state index in [4.69, 9.17) is 19.1 Å². The number of furan rings is 1. The molecule has 0 fully saturated rings. The molecule has 0 spiro atoms. The Hall–Kier alpha value is -6.02. The Labute approximate surface area is 262 Å². The van der Waals surface area contributed by atoms with Crippen molar-refractivity contribution >= 4 is 67.1 Å². The highest BCUT2D eigenvalue weighted by atomic mass is 16.5. The number of pyridine rings is 3. The van der Waals surface area contributed by atoms with Gasteiger partial charge in [-0.1, -0.05) is 12.7 Å². The van der Waals surface area contributed by atoms with E-state index in [1.165, 1.54) is 11.6 Å². The maximum atomic E-state index is 11.5. The zero-order valence-corrected chi connectivity index (χ0v) is 24.8. The molecule has 0 radical (unpaired) electrons. The predicted molar refractivity (Wildman–Crippen MR) is 180 cm³/mol. The quantitative estimate of drug-likeness (QED) is 0.141. The van der Waals surface area contributed by atoms with Crippen molar-refractivity contribution in [1.82, 2.24) is 24.1 Å². The maximum Gasteiger partial charge on any atom is 0.330 e. The first-order valence-corrected chi connectivity index (χ1v) is 15.3. The van der Waals surface area contributed by atoms with Crippen LogP contribution in [0.2, 0.25) is 0 Å². The van der Waals surface area contributed by atoms with Gasteiger partial charge in [-0.25, -0.2) is 4.79 Å². The number of hydrogen-bond acceptors (Lipinski definition) is 6. The van der Waals surface area contributed by atoms with Crippen LogP contribution in [-0.4, -0.2) is 36.7 Å². The van der Waals surface area contributed by atoms with Crippen LogP contribution >= 0.6 is 0 Å². The van der Waals surface area contributed by atoms with Crippen LogP contribution in [0.3, 0.4) is 0 Å². The second kappa shape index (κ2) is 10.3. The summed E-state index contributed by atoms with van der Waals surface area (Å²) in [5.74, 6) is -0.145. The number of benzene rings is 2. The number of aromatic nitrogens is 5. The molecule has 0 N–H and O–H groups in total. The molecule has 1 atom stereocenters. The Bertz CT molecular complexity index is 2550. The number of fused-ring (bicyclic) bond motifs is 9. The van der Waals surface area contributed by atoms with Crippen molar-refractivity contribution < 1.29 is 13.9 Å². The van der Waals surface area contributed by atoms with Gasteiger partial charge in [0, 0.05) is 52.4 Å². The Balaban J connectivity index is 1.18. The number of carbonyl (C=O) groups is 1. The Morgan fingerprint density at radius 1 is 0.826 bits per heavy atom. The number of ether oxygens (including phenoxy) is 1. The molecule has 6 aromatic heterocycles. The summed E-state index contributed by atoms with van der Waals surface area (Å²) < 4.78 is 15.9. The molecular weight excluding hydrogens is 574 g/mol. The van der Waals surface area contributed by atoms with E-state index in [0.29, 0.717) is 6.61 Å². The zero-order chi connectivity index (χ0) is 30.8. The van der Waals surface area contributed by atoms with Gasteiger partial charge in [0.05, 0.1) is 39.9 Å². The fourth-order valence-electron chi connectivity index (χ4n) is 6.94. The van der Waals surface area contributed by atoms with Crippen LogP contribution in [0.1, 0.15) is 17.7 Å². The number of esters is 1. The molecule has 46 heavy (non-hydrogen) atoms. The van der Waals surface area contributed by atoms with Crippen LogP contribution in [0.4, 0.5) is 0 Å². The van der Waals surface area contributed by atoms with E-state index < -0.39 is 5.97 Å². The molecular formula is C38H27N5O3. The van der Waals surface area contributed by atoms with Gasteiger partial charge in [-0.15, -0.1) is 0 Å². The third-order valence-electron chi connectivity index (χ3n) is 8.98. The Morgan fingerprint density at radius 2 is 1.54 bits per heavy atom. The van der Waals surface area contributed by atoms with Gasteiger partial charge in [-0.3, -0.25) is 15.0 Å². The molecule has 1 unspecified atom stereocenters. The number of carbonyl (C=O) groups excluding carboxylic acids is 1. The van der Waals surface area contributed by atoms with Crippen LogP contribution in [0, 0.1) is 5.92 Å². The van der Waals surface area contributed by atoms with Crippen LogP contribution in [0.15, 0.2) is 115 Å². The van der Waals surface area contributed by atoms with Crippen molar-refractivity contribution in [3.63, 3.8) is 0 Å². The van der Waals surface area contributed by atoms with E-state index in [0.717, 1.165) is 84.9 Å². The van der Waals surface area contributed by atoms with Crippen LogP contribution in [0.25, 0.3) is 72.5 Å². The molecule has 0 saturated heterocycles. The maximum absolute atomic E-state index is 11.5. The van der Waals surface area contributed by atoms with Crippen molar-refractivity contribution in [3.05, 3.63) is 121 Å². The van der Waals surface area contributed by atoms with Crippen LogP contribution < -0.4 is 0 Å². The highest BCUT2D eigenvalue weighted by Gasteiger charge is 2.24. The lowest BCUT2D eigenvalue weighted by molar-refractivity contribution is -0.138. The summed E-state index contributed by atoms with van der Waals surface area (Å²) in [5.41, 5.74) is 11.9. The van der Waals surface area contributed by atoms with Gasteiger partial charge in [-0.2, -0.15) is 0 Å². The van der Waals surface area contributed by atoms with Gasteiger partial charge in [0.2, 0.25) is 0 Å². The smallest absolute Gasteiger partial charge is 0.330 e. The SMILES string of the molecule is C=CC(=O)OCCC1C=Cc2c(c3ncccc3n2-c2ccc3c(c2)c2ncccc2n3-c2ccc3oc4cccnc4c3c2)C1. The van der Waals surface area contributed by atoms with Gasteiger partial charge >= 0.3 is 5.97 Å². The molecule has 0 aliphatic heterocycles. The van der Waals surface area contributed by atoms with Crippen LogP contribution in [-0.2, 0) is 16.0 Å². The monoisotopic (exact) mass is 601 g/mol. The van der Waals surface area contributed by atoms with E-state index in [1.54, 1.807) is 6.20 Å². The number of allylic oxidation sites excluding steroid dienone is 1. The first kappa shape index (κ1) is 26.4. The van der Waals surface area contributed by atoms with Gasteiger partial charge in [0.25, 0.3) is 0 Å². The summed E-state index contributed by atoms with van der Waals surface area (Å²) in [4.78, 5) is 25.8. The van der Waals surface area contributed by atoms with E-state index in [-0.39, 0.29) is 5.92 Å². The minimum atomic E-state index is -0.391. The lowest BCUT2D eigenvalue weighted by Crippen LogP contribution is -2.12. The molecule has 1 aliphatic rings. The number of rotatable bonds is 6. The Morgan fingerprint density at radius 3 is 2.39 bits per heavy atom. The third kappa shape index (κ3) is 4.00. The summed E-state index contributed by atoms with van der Waals surface area (Å²) in [6.45, 7) is 3.84. The normalized spacial score (nSPS) is 14.5. The summed E-state index contributed by atoms with van der Waals surface area (Å²) in [7, 11) is 0. The molecule has 8 aromatic rings. The minimum Gasteiger partial charge on any atom is -0.463 e. The van der Waals surface area contributed by atoms with Crippen molar-refractivity contribution in [3.8, 4) is 11.4 Å². The first-order valence-electron chi connectivity index (χ1n) is 15.3. The van der Waals surface area contributed by atoms with E-state index in [9.17, 15) is 4.79 Å². The molecule has 2 aromatic carbocycles. The molecule has 6 heterocycles. The van der Waals surface area contributed by atoms with Crippen molar-refractivity contribution in [2.45, 2.75) is 12.8 Å². The van der Waals surface area contributed by atoms with E-state index in [1.807, 2.05) is 42.7 Å². The van der Waals surface area contributed by atoms with Gasteiger partial charge < -0.3 is 18.3 Å². The Kier molecular flexibility index (Phi) is 5.89. The lowest BCUT2D eigenvalue weighted by Gasteiger charge is -2.18. The van der Waals surface area contributed by atoms with E-state index in [2.05, 4.69) is 75.3 Å². The fourth-order valence-corrected chi connectivity index (χ4v) is 6.94. The number of nitrogens with zero attached hydrogens (tertiary/aromatic N) is 5. The summed E-state index contributed by atoms with van der Waals surface area (Å²) >= 11 is 0. The van der Waals surface area contributed by atoms with E-state index >= 15 is 0 Å². The molecule has 1 aliphatic carbocycles. The topological polar surface area (TPSA) is 88.0 Å². The van der Waals surface area contributed by atoms with Crippen LogP contribution in [0.5, 0.6) is 0 Å². The molecule has 222 valence electrons. The minimum absolute atomic E-state index is 0.246. The molecule has 0 bridgehead atoms. The molecule has 0 saturated carbocycles. The third-order valence-corrected chi connectivity index (χ3v) is 8.98. The summed E-state index contributed by atoms with van der Waals surface area (Å²) in [6.07, 6.45) is 12.7. The van der Waals surface area contributed by atoms with Crippen molar-refractivity contribution in [2.75, 3.05) is 6.61 Å². The fraction of sp³-hybridized carbons (Fsp3) is 0.105. The molecule has 8 heteroatoms. The largest absolute Gasteiger partial charge is 0.463 e. The molecule has 8 nitrogen and oxygen atoms in total. The second-order valence-corrected chi connectivity index (χ2v) is 11.6. The highest BCUT2D eigenvalue weighted by molar-refractivity contribution is 6.09. The molecule has 0 amide bonds. The summed E-state index contributed by atoms with van der Waals surface area (Å²) in [6, 6.07) is 24.9. The zero-order valence-electron chi connectivity index (χ0n) is 24.8. The molecule has 9 rings (SSSR count). The average molecular weight is 602 g/mol. The number of hydrogen-bond donors (Lipinski definition) is 0. The van der Waals surface area contributed by atoms with Crippen molar-refractivity contribution in [1.29, 1.82) is 0 Å².